The summed E-state index contributed by atoms with van der Waals surface area (Å²) in [7, 11) is 0. The van der Waals surface area contributed by atoms with Crippen LogP contribution in [0.4, 0.5) is 0 Å². The van der Waals surface area contributed by atoms with Gasteiger partial charge in [0.25, 0.3) is 0 Å². The zero-order valence-electron chi connectivity index (χ0n) is 6.90. The molecule has 2 aromatic rings. The highest BCUT2D eigenvalue weighted by molar-refractivity contribution is 7.16. The van der Waals surface area contributed by atoms with E-state index in [2.05, 4.69) is 23.2 Å². The van der Waals surface area contributed by atoms with E-state index in [-0.39, 0.29) is 0 Å². The molecule has 1 aromatic carbocycles. The van der Waals surface area contributed by atoms with Crippen molar-refractivity contribution in [3.8, 4) is 0 Å². The molecule has 0 aliphatic heterocycles. The molecule has 0 amide bonds. The molecule has 0 fully saturated rings. The maximum absolute atomic E-state index is 5.55. The lowest BCUT2D eigenvalue weighted by Gasteiger charge is -1.91. The van der Waals surface area contributed by atoms with Crippen molar-refractivity contribution < 1.29 is 0 Å². The Bertz CT molecular complexity index is 433. The third-order valence-electron chi connectivity index (χ3n) is 1.75. The molecular formula is C10H8ClNS. The van der Waals surface area contributed by atoms with Gasteiger partial charge in [0.2, 0.25) is 0 Å². The fourth-order valence-electron chi connectivity index (χ4n) is 1.16. The van der Waals surface area contributed by atoms with E-state index in [0.29, 0.717) is 5.88 Å². The summed E-state index contributed by atoms with van der Waals surface area (Å²) in [6.07, 6.45) is 3.93. The van der Waals surface area contributed by atoms with Gasteiger partial charge in [-0.15, -0.1) is 22.9 Å². The number of benzene rings is 1. The van der Waals surface area contributed by atoms with Gasteiger partial charge >= 0.3 is 0 Å². The normalized spacial score (nSPS) is 11.5. The van der Waals surface area contributed by atoms with Crippen LogP contribution in [0.1, 0.15) is 5.56 Å². The molecule has 13 heavy (non-hydrogen) atoms. The molecule has 0 aliphatic rings. The summed E-state index contributed by atoms with van der Waals surface area (Å²) in [5.74, 6) is 0.551. The van der Waals surface area contributed by atoms with Crippen LogP contribution in [0.3, 0.4) is 0 Å². The smallest absolute Gasteiger partial charge is 0.0817 e. The lowest BCUT2D eigenvalue weighted by atomic mass is 10.2. The van der Waals surface area contributed by atoms with Crippen molar-refractivity contribution >= 4 is 39.2 Å². The van der Waals surface area contributed by atoms with E-state index in [1.54, 1.807) is 11.3 Å². The Kier molecular flexibility index (Phi) is 2.62. The first-order chi connectivity index (χ1) is 6.40. The average molecular weight is 210 g/mol. The number of rotatable bonds is 2. The predicted octanol–water partition coefficient (Wildman–Crippen LogP) is 3.55. The van der Waals surface area contributed by atoms with Crippen LogP contribution in [-0.2, 0) is 0 Å². The number of nitrogens with zero attached hydrogens (tertiary/aromatic N) is 1. The van der Waals surface area contributed by atoms with E-state index in [9.17, 15) is 0 Å². The Hall–Kier alpha value is -0.860. The van der Waals surface area contributed by atoms with E-state index in [1.165, 1.54) is 4.70 Å². The molecule has 0 spiro atoms. The fraction of sp³-hybridized carbons (Fsp3) is 0.100. The Balaban J connectivity index is 2.42. The van der Waals surface area contributed by atoms with Gasteiger partial charge in [0.15, 0.2) is 0 Å². The van der Waals surface area contributed by atoms with Gasteiger partial charge in [0, 0.05) is 5.88 Å². The first kappa shape index (κ1) is 8.73. The highest BCUT2D eigenvalue weighted by Gasteiger charge is 1.95. The van der Waals surface area contributed by atoms with Crippen molar-refractivity contribution in [2.24, 2.45) is 0 Å². The molecule has 3 heteroatoms. The van der Waals surface area contributed by atoms with Gasteiger partial charge in [-0.1, -0.05) is 18.2 Å². The van der Waals surface area contributed by atoms with Crippen molar-refractivity contribution in [2.75, 3.05) is 5.88 Å². The largest absolute Gasteiger partial charge is 0.245 e. The molecular weight excluding hydrogens is 202 g/mol. The maximum atomic E-state index is 5.55. The fourth-order valence-corrected chi connectivity index (χ4v) is 1.91. The van der Waals surface area contributed by atoms with Crippen LogP contribution in [0.5, 0.6) is 0 Å². The second kappa shape index (κ2) is 3.90. The highest BCUT2D eigenvalue weighted by Crippen LogP contribution is 2.19. The van der Waals surface area contributed by atoms with Crippen molar-refractivity contribution in [1.82, 2.24) is 4.98 Å². The summed E-state index contributed by atoms with van der Waals surface area (Å²) in [4.78, 5) is 4.24. The lowest BCUT2D eigenvalue weighted by molar-refractivity contribution is 1.49. The molecule has 1 heterocycles. The summed E-state index contributed by atoms with van der Waals surface area (Å²) in [6, 6.07) is 6.22. The zero-order valence-corrected chi connectivity index (χ0v) is 8.48. The second-order valence-electron chi connectivity index (χ2n) is 2.64. The maximum Gasteiger partial charge on any atom is 0.0817 e. The van der Waals surface area contributed by atoms with E-state index in [0.717, 1.165) is 11.1 Å². The number of aromatic nitrogens is 1. The molecule has 0 bridgehead atoms. The van der Waals surface area contributed by atoms with Crippen LogP contribution in [0, 0.1) is 0 Å². The second-order valence-corrected chi connectivity index (χ2v) is 3.83. The van der Waals surface area contributed by atoms with Crippen LogP contribution in [-0.4, -0.2) is 10.9 Å². The topological polar surface area (TPSA) is 12.9 Å². The molecule has 0 saturated heterocycles. The minimum absolute atomic E-state index is 0.551. The quantitative estimate of drug-likeness (QED) is 0.690. The summed E-state index contributed by atoms with van der Waals surface area (Å²) in [5, 5.41) is 0. The van der Waals surface area contributed by atoms with Gasteiger partial charge in [-0.3, -0.25) is 0 Å². The van der Waals surface area contributed by atoms with Crippen LogP contribution < -0.4 is 0 Å². The first-order valence-electron chi connectivity index (χ1n) is 3.96. The predicted molar refractivity (Wildman–Crippen MR) is 59.4 cm³/mol. The van der Waals surface area contributed by atoms with Crippen LogP contribution in [0.15, 0.2) is 29.8 Å². The minimum Gasteiger partial charge on any atom is -0.245 e. The van der Waals surface area contributed by atoms with E-state index in [4.69, 9.17) is 11.6 Å². The molecule has 0 unspecified atom stereocenters. The van der Waals surface area contributed by atoms with E-state index < -0.39 is 0 Å². The SMILES string of the molecule is ClCC=Cc1ccc2scnc2c1. The Labute approximate surface area is 85.7 Å². The average Bonchev–Trinajstić information content (AvgIpc) is 2.61. The monoisotopic (exact) mass is 209 g/mol. The molecule has 0 atom stereocenters. The van der Waals surface area contributed by atoms with Gasteiger partial charge in [-0.2, -0.15) is 0 Å². The number of hydrogen-bond donors (Lipinski definition) is 0. The van der Waals surface area contributed by atoms with Crippen LogP contribution in [0.2, 0.25) is 0 Å². The number of alkyl halides is 1. The van der Waals surface area contributed by atoms with Crippen LogP contribution in [0.25, 0.3) is 16.3 Å². The van der Waals surface area contributed by atoms with Gasteiger partial charge in [0.1, 0.15) is 0 Å². The molecule has 0 N–H and O–H groups in total. The van der Waals surface area contributed by atoms with Crippen LogP contribution >= 0.6 is 22.9 Å². The van der Waals surface area contributed by atoms with Gasteiger partial charge < -0.3 is 0 Å². The summed E-state index contributed by atoms with van der Waals surface area (Å²) in [5.41, 5.74) is 4.07. The minimum atomic E-state index is 0.551. The van der Waals surface area contributed by atoms with Crippen molar-refractivity contribution in [1.29, 1.82) is 0 Å². The number of allylic oxidation sites excluding steroid dienone is 1. The summed E-state index contributed by atoms with van der Waals surface area (Å²) >= 11 is 7.21. The third-order valence-corrected chi connectivity index (χ3v) is 2.74. The van der Waals surface area contributed by atoms with Crippen molar-refractivity contribution in [3.05, 3.63) is 35.3 Å². The van der Waals surface area contributed by atoms with Crippen molar-refractivity contribution in [2.45, 2.75) is 0 Å². The standard InChI is InChI=1S/C10H8ClNS/c11-5-1-2-8-3-4-10-9(6-8)12-7-13-10/h1-4,6-7H,5H2. The van der Waals surface area contributed by atoms with Gasteiger partial charge in [-0.25, -0.2) is 4.98 Å². The number of thiazole rings is 1. The summed E-state index contributed by atoms with van der Waals surface area (Å²) in [6.45, 7) is 0. The van der Waals surface area contributed by atoms with E-state index >= 15 is 0 Å². The zero-order chi connectivity index (χ0) is 9.10. The molecule has 0 saturated carbocycles. The Morgan fingerprint density at radius 3 is 3.23 bits per heavy atom. The lowest BCUT2D eigenvalue weighted by Crippen LogP contribution is -1.72. The molecule has 0 aliphatic carbocycles. The molecule has 1 aromatic heterocycles. The Morgan fingerprint density at radius 1 is 1.46 bits per heavy atom. The number of fused-ring (bicyclic) bond motifs is 1. The molecule has 66 valence electrons. The van der Waals surface area contributed by atoms with E-state index in [1.807, 2.05) is 17.7 Å². The third kappa shape index (κ3) is 1.90. The van der Waals surface area contributed by atoms with Gasteiger partial charge in [0.05, 0.1) is 15.7 Å². The van der Waals surface area contributed by atoms with Crippen molar-refractivity contribution in [3.63, 3.8) is 0 Å². The summed E-state index contributed by atoms with van der Waals surface area (Å²) < 4.78 is 1.23. The molecule has 0 radical (unpaired) electrons. The Morgan fingerprint density at radius 2 is 2.38 bits per heavy atom. The number of halogens is 1. The highest BCUT2D eigenvalue weighted by atomic mass is 35.5. The first-order valence-corrected chi connectivity index (χ1v) is 5.37. The van der Waals surface area contributed by atoms with Gasteiger partial charge in [-0.05, 0) is 17.7 Å². The molecule has 2 rings (SSSR count). The number of hydrogen-bond acceptors (Lipinski definition) is 2. The molecule has 1 nitrogen and oxygen atoms in total.